The molecule has 0 spiro atoms. The lowest BCUT2D eigenvalue weighted by atomic mass is 10.00. The van der Waals surface area contributed by atoms with Gasteiger partial charge in [0.2, 0.25) is 0 Å². The van der Waals surface area contributed by atoms with Crippen molar-refractivity contribution in [3.8, 4) is 5.75 Å². The third kappa shape index (κ3) is 5.30. The van der Waals surface area contributed by atoms with Crippen molar-refractivity contribution in [1.29, 1.82) is 0 Å². The van der Waals surface area contributed by atoms with Gasteiger partial charge in [0.05, 0.1) is 17.9 Å². The minimum atomic E-state index is -0.479. The van der Waals surface area contributed by atoms with Crippen molar-refractivity contribution >= 4 is 34.3 Å². The molecule has 178 valence electrons. The predicted octanol–water partition coefficient (Wildman–Crippen LogP) is 5.20. The number of pyridine rings is 1. The molecule has 4 rings (SSSR count). The molecule has 1 amide bonds. The number of ether oxygens (including phenoxy) is 2. The zero-order chi connectivity index (χ0) is 23.9. The van der Waals surface area contributed by atoms with E-state index in [1.807, 2.05) is 18.2 Å². The molecule has 2 heterocycles. The number of anilines is 2. The number of hydrogen-bond donors (Lipinski definition) is 1. The first-order chi connectivity index (χ1) is 16.6. The zero-order valence-electron chi connectivity index (χ0n) is 19.8. The fourth-order valence-electron chi connectivity index (χ4n) is 4.42. The first-order valence-corrected chi connectivity index (χ1v) is 12.0. The van der Waals surface area contributed by atoms with E-state index < -0.39 is 5.97 Å². The lowest BCUT2D eigenvalue weighted by molar-refractivity contribution is -0.118. The number of esters is 1. The number of aromatic nitrogens is 1. The van der Waals surface area contributed by atoms with Gasteiger partial charge < -0.3 is 19.7 Å². The van der Waals surface area contributed by atoms with Crippen LogP contribution in [0, 0.1) is 0 Å². The van der Waals surface area contributed by atoms with Gasteiger partial charge in [-0.25, -0.2) is 9.78 Å². The van der Waals surface area contributed by atoms with Crippen molar-refractivity contribution in [1.82, 2.24) is 4.98 Å². The third-order valence-corrected chi connectivity index (χ3v) is 6.12. The van der Waals surface area contributed by atoms with Crippen molar-refractivity contribution in [2.75, 3.05) is 30.0 Å². The summed E-state index contributed by atoms with van der Waals surface area (Å²) >= 11 is 0. The van der Waals surface area contributed by atoms with Gasteiger partial charge in [0.1, 0.15) is 17.1 Å². The van der Waals surface area contributed by atoms with Gasteiger partial charge in [0, 0.05) is 18.0 Å². The Balaban J connectivity index is 1.49. The van der Waals surface area contributed by atoms with E-state index >= 15 is 0 Å². The Bertz CT molecular complexity index is 1160. The molecule has 0 aliphatic carbocycles. The highest BCUT2D eigenvalue weighted by Crippen LogP contribution is 2.30. The summed E-state index contributed by atoms with van der Waals surface area (Å²) in [6.07, 6.45) is 4.69. The Morgan fingerprint density at radius 3 is 2.74 bits per heavy atom. The molecule has 34 heavy (non-hydrogen) atoms. The second-order valence-corrected chi connectivity index (χ2v) is 8.35. The van der Waals surface area contributed by atoms with Crippen LogP contribution in [0.15, 0.2) is 54.6 Å². The predicted molar refractivity (Wildman–Crippen MR) is 134 cm³/mol. The highest BCUT2D eigenvalue weighted by atomic mass is 16.5. The van der Waals surface area contributed by atoms with Crippen molar-refractivity contribution < 1.29 is 19.1 Å². The normalized spacial score (nSPS) is 15.7. The average molecular weight is 462 g/mol. The molecule has 1 aromatic heterocycles. The van der Waals surface area contributed by atoms with E-state index in [4.69, 9.17) is 14.5 Å². The molecule has 1 N–H and O–H groups in total. The maximum absolute atomic E-state index is 12.6. The van der Waals surface area contributed by atoms with E-state index in [-0.39, 0.29) is 19.1 Å². The Morgan fingerprint density at radius 2 is 1.91 bits per heavy atom. The molecule has 0 saturated carbocycles. The number of amides is 1. The summed E-state index contributed by atoms with van der Waals surface area (Å²) in [5.74, 6) is 0.654. The summed E-state index contributed by atoms with van der Waals surface area (Å²) in [5, 5.41) is 3.71. The highest BCUT2D eigenvalue weighted by molar-refractivity contribution is 6.01. The van der Waals surface area contributed by atoms with Crippen LogP contribution in [0.4, 0.5) is 11.5 Å². The molecule has 1 atom stereocenters. The van der Waals surface area contributed by atoms with Crippen LogP contribution in [0.3, 0.4) is 0 Å². The second kappa shape index (κ2) is 11.0. The van der Waals surface area contributed by atoms with Crippen LogP contribution < -0.4 is 15.0 Å². The summed E-state index contributed by atoms with van der Waals surface area (Å²) in [5.41, 5.74) is 1.44. The SMILES string of the molecule is CCOC(=O)c1ccccc1NC(=O)COc1cccc2ccc(N3CCCCC3CC)nc12. The maximum atomic E-state index is 12.6. The fraction of sp³-hybridized carbons (Fsp3) is 0.370. The summed E-state index contributed by atoms with van der Waals surface area (Å²) in [6, 6.07) is 17.1. The quantitative estimate of drug-likeness (QED) is 0.465. The standard InChI is InChI=1S/C27H31N3O4/c1-3-20-11-7-8-17-30(20)24-16-15-19-10-9-14-23(26(19)29-24)34-18-25(31)28-22-13-6-5-12-21(22)27(32)33-4-2/h5-6,9-10,12-16,20H,3-4,7-8,11,17-18H2,1-2H3,(H,28,31). The summed E-state index contributed by atoms with van der Waals surface area (Å²) in [7, 11) is 0. The van der Waals surface area contributed by atoms with Gasteiger partial charge in [-0.1, -0.05) is 31.2 Å². The number of nitrogens with zero attached hydrogens (tertiary/aromatic N) is 2. The molecule has 3 aromatic rings. The van der Waals surface area contributed by atoms with Gasteiger partial charge in [-0.15, -0.1) is 0 Å². The van der Waals surface area contributed by atoms with Crippen LogP contribution in [0.1, 0.15) is 49.9 Å². The maximum Gasteiger partial charge on any atom is 0.340 e. The van der Waals surface area contributed by atoms with Crippen molar-refractivity contribution in [3.63, 3.8) is 0 Å². The van der Waals surface area contributed by atoms with E-state index in [2.05, 4.69) is 29.3 Å². The van der Waals surface area contributed by atoms with Crippen LogP contribution >= 0.6 is 0 Å². The van der Waals surface area contributed by atoms with Crippen molar-refractivity contribution in [3.05, 3.63) is 60.2 Å². The smallest absolute Gasteiger partial charge is 0.340 e. The Morgan fingerprint density at radius 1 is 1.06 bits per heavy atom. The Hall–Kier alpha value is -3.61. The number of carbonyl (C=O) groups is 2. The first kappa shape index (κ1) is 23.5. The minimum absolute atomic E-state index is 0.205. The summed E-state index contributed by atoms with van der Waals surface area (Å²) in [4.78, 5) is 32.1. The van der Waals surface area contributed by atoms with Crippen LogP contribution in [0.5, 0.6) is 5.75 Å². The summed E-state index contributed by atoms with van der Waals surface area (Å²) in [6.45, 7) is 5.02. The van der Waals surface area contributed by atoms with Gasteiger partial charge in [-0.2, -0.15) is 0 Å². The molecule has 0 radical (unpaired) electrons. The molecule has 0 bridgehead atoms. The number of carbonyl (C=O) groups excluding carboxylic acids is 2. The van der Waals surface area contributed by atoms with Crippen LogP contribution in [-0.4, -0.2) is 42.7 Å². The van der Waals surface area contributed by atoms with E-state index in [1.165, 1.54) is 19.3 Å². The average Bonchev–Trinajstić information content (AvgIpc) is 2.87. The Kier molecular flexibility index (Phi) is 7.62. The number of fused-ring (bicyclic) bond motifs is 1. The number of benzene rings is 2. The molecule has 1 aliphatic rings. The van der Waals surface area contributed by atoms with Gasteiger partial charge in [-0.05, 0) is 62.9 Å². The number of para-hydroxylation sites is 2. The zero-order valence-corrected chi connectivity index (χ0v) is 19.8. The van der Waals surface area contributed by atoms with Gasteiger partial charge in [-0.3, -0.25) is 4.79 Å². The minimum Gasteiger partial charge on any atom is -0.481 e. The third-order valence-electron chi connectivity index (χ3n) is 6.12. The molecule has 7 heteroatoms. The number of nitrogens with one attached hydrogen (secondary N) is 1. The van der Waals surface area contributed by atoms with Crippen LogP contribution in [-0.2, 0) is 9.53 Å². The summed E-state index contributed by atoms with van der Waals surface area (Å²) < 4.78 is 11.0. The van der Waals surface area contributed by atoms with Crippen LogP contribution in [0.25, 0.3) is 10.9 Å². The van der Waals surface area contributed by atoms with E-state index in [1.54, 1.807) is 31.2 Å². The van der Waals surface area contributed by atoms with Crippen molar-refractivity contribution in [2.45, 2.75) is 45.6 Å². The van der Waals surface area contributed by atoms with Crippen molar-refractivity contribution in [2.24, 2.45) is 0 Å². The topological polar surface area (TPSA) is 80.8 Å². The molecule has 1 aliphatic heterocycles. The fourth-order valence-corrected chi connectivity index (χ4v) is 4.42. The molecule has 7 nitrogen and oxygen atoms in total. The lowest BCUT2D eigenvalue weighted by Crippen LogP contribution is -2.39. The number of hydrogen-bond acceptors (Lipinski definition) is 6. The van der Waals surface area contributed by atoms with Gasteiger partial charge >= 0.3 is 5.97 Å². The number of rotatable bonds is 8. The van der Waals surface area contributed by atoms with E-state index in [9.17, 15) is 9.59 Å². The van der Waals surface area contributed by atoms with Gasteiger partial charge in [0.25, 0.3) is 5.91 Å². The Labute approximate surface area is 200 Å². The lowest BCUT2D eigenvalue weighted by Gasteiger charge is -2.36. The van der Waals surface area contributed by atoms with E-state index in [0.717, 1.165) is 29.7 Å². The van der Waals surface area contributed by atoms with Gasteiger partial charge in [0.15, 0.2) is 6.61 Å². The molecule has 1 unspecified atom stereocenters. The first-order valence-electron chi connectivity index (χ1n) is 12.0. The largest absolute Gasteiger partial charge is 0.481 e. The molecule has 1 fully saturated rings. The monoisotopic (exact) mass is 461 g/mol. The molecular formula is C27H31N3O4. The van der Waals surface area contributed by atoms with Crippen LogP contribution in [0.2, 0.25) is 0 Å². The number of piperidine rings is 1. The molecular weight excluding hydrogens is 430 g/mol. The second-order valence-electron chi connectivity index (χ2n) is 8.35. The molecule has 1 saturated heterocycles. The highest BCUT2D eigenvalue weighted by Gasteiger charge is 2.22. The van der Waals surface area contributed by atoms with E-state index in [0.29, 0.717) is 23.0 Å². The molecule has 2 aromatic carbocycles.